The number of nitrogens with one attached hydrogen (secondary N) is 1. The van der Waals surface area contributed by atoms with Gasteiger partial charge in [0.15, 0.2) is 0 Å². The summed E-state index contributed by atoms with van der Waals surface area (Å²) < 4.78 is 86.0. The fourth-order valence-corrected chi connectivity index (χ4v) is 3.22. The highest BCUT2D eigenvalue weighted by molar-refractivity contribution is 6.09. The van der Waals surface area contributed by atoms with Gasteiger partial charge in [0.1, 0.15) is 23.7 Å². The van der Waals surface area contributed by atoms with E-state index in [2.05, 4.69) is 5.32 Å². The number of alkyl halides is 5. The van der Waals surface area contributed by atoms with Gasteiger partial charge in [0.05, 0.1) is 12.2 Å². The number of nitrogens with two attached hydrogens (primary N) is 1. The number of amides is 3. The molecule has 33 heavy (non-hydrogen) atoms. The van der Waals surface area contributed by atoms with Crippen LogP contribution in [0.1, 0.15) is 26.7 Å². The number of ether oxygens (including phenoxy) is 1. The van der Waals surface area contributed by atoms with Crippen molar-refractivity contribution in [1.82, 2.24) is 4.90 Å². The van der Waals surface area contributed by atoms with E-state index in [9.17, 15) is 45.8 Å². The van der Waals surface area contributed by atoms with E-state index in [0.717, 1.165) is 25.1 Å². The number of aliphatic hydroxyl groups is 1. The predicted octanol–water partition coefficient (Wildman–Crippen LogP) is 1.96. The number of fused-ring (bicyclic) bond motifs is 1. The molecular weight excluding hydrogens is 464 g/mol. The number of rotatable bonds is 7. The maximum atomic E-state index is 14.0. The van der Waals surface area contributed by atoms with Crippen LogP contribution in [0.4, 0.5) is 32.0 Å². The summed E-state index contributed by atoms with van der Waals surface area (Å²) in [6.07, 6.45) is -8.64. The van der Waals surface area contributed by atoms with Crippen molar-refractivity contribution in [3.05, 3.63) is 24.0 Å². The van der Waals surface area contributed by atoms with Gasteiger partial charge < -0.3 is 25.8 Å². The fourth-order valence-electron chi connectivity index (χ4n) is 3.22. The van der Waals surface area contributed by atoms with Crippen LogP contribution in [-0.4, -0.2) is 64.1 Å². The molecular formula is C19H21F6N3O5. The normalized spacial score (nSPS) is 20.6. The van der Waals surface area contributed by atoms with Crippen molar-refractivity contribution in [1.29, 1.82) is 0 Å². The number of carbonyl (C=O) groups is 3. The van der Waals surface area contributed by atoms with Gasteiger partial charge in [-0.05, 0) is 25.0 Å². The largest absolute Gasteiger partial charge is 0.486 e. The topological polar surface area (TPSA) is 122 Å². The number of carbonyl (C=O) groups excluding carboxylic acids is 3. The van der Waals surface area contributed by atoms with E-state index in [1.165, 1.54) is 6.92 Å². The molecule has 0 fully saturated rings. The van der Waals surface area contributed by atoms with Gasteiger partial charge in [0, 0.05) is 6.07 Å². The van der Waals surface area contributed by atoms with Crippen LogP contribution in [0.25, 0.3) is 0 Å². The third-order valence-corrected chi connectivity index (χ3v) is 5.15. The van der Waals surface area contributed by atoms with Crippen molar-refractivity contribution in [2.24, 2.45) is 5.73 Å². The third-order valence-electron chi connectivity index (χ3n) is 5.15. The van der Waals surface area contributed by atoms with Crippen molar-refractivity contribution >= 4 is 23.4 Å². The van der Waals surface area contributed by atoms with E-state index in [4.69, 9.17) is 10.5 Å². The van der Waals surface area contributed by atoms with Crippen molar-refractivity contribution in [3.63, 3.8) is 0 Å². The lowest BCUT2D eigenvalue weighted by Gasteiger charge is -2.39. The smallest absolute Gasteiger partial charge is 0.455 e. The highest BCUT2D eigenvalue weighted by Gasteiger charge is 2.61. The molecule has 14 heteroatoms. The van der Waals surface area contributed by atoms with Crippen LogP contribution < -0.4 is 15.8 Å². The second-order valence-electron chi connectivity index (χ2n) is 7.35. The number of hydrogen-bond donors (Lipinski definition) is 3. The first-order valence-electron chi connectivity index (χ1n) is 9.64. The van der Waals surface area contributed by atoms with Gasteiger partial charge in [-0.3, -0.25) is 14.4 Å². The molecule has 0 saturated carbocycles. The molecule has 1 unspecified atom stereocenters. The second kappa shape index (κ2) is 9.08. The van der Waals surface area contributed by atoms with Crippen molar-refractivity contribution in [2.75, 3.05) is 11.9 Å². The average Bonchev–Trinajstić information content (AvgIpc) is 2.84. The standard InChI is InChI=1S/C19H21F6N3O5/c1-3-11-13(14(29)27-10-7-9(20)5-6-12(10)33-11)28(8-18(21,22)19(23,24)25)16(31)17(32,4-2)15(26)30/h5-7,11,13,32H,3-4,8H2,1-2H3,(H2,26,30)(H,27,29)/t11-,13+,17?/m1/s1. The molecule has 0 aromatic heterocycles. The molecule has 3 atom stereocenters. The van der Waals surface area contributed by atoms with Crippen LogP contribution in [-0.2, 0) is 14.4 Å². The van der Waals surface area contributed by atoms with Crippen LogP contribution in [0, 0.1) is 5.82 Å². The van der Waals surface area contributed by atoms with Crippen LogP contribution in [0.2, 0.25) is 0 Å². The lowest BCUT2D eigenvalue weighted by molar-refractivity contribution is -0.287. The van der Waals surface area contributed by atoms with E-state index < -0.39 is 66.4 Å². The first-order valence-corrected chi connectivity index (χ1v) is 9.64. The Kier molecular flexibility index (Phi) is 7.21. The number of hydrogen-bond acceptors (Lipinski definition) is 5. The summed E-state index contributed by atoms with van der Waals surface area (Å²) in [5, 5.41) is 12.5. The minimum atomic E-state index is -6.14. The first kappa shape index (κ1) is 26.2. The summed E-state index contributed by atoms with van der Waals surface area (Å²) in [6.45, 7) is 0.0139. The molecule has 1 aliphatic rings. The first-order chi connectivity index (χ1) is 15.1. The molecule has 1 aromatic rings. The van der Waals surface area contributed by atoms with Crippen LogP contribution in [0.15, 0.2) is 18.2 Å². The number of benzene rings is 1. The highest BCUT2D eigenvalue weighted by Crippen LogP contribution is 2.39. The maximum absolute atomic E-state index is 14.0. The zero-order valence-corrected chi connectivity index (χ0v) is 17.4. The Morgan fingerprint density at radius 1 is 1.21 bits per heavy atom. The van der Waals surface area contributed by atoms with E-state index in [-0.39, 0.29) is 22.8 Å². The molecule has 8 nitrogen and oxygen atoms in total. The van der Waals surface area contributed by atoms with E-state index >= 15 is 0 Å². The van der Waals surface area contributed by atoms with Gasteiger partial charge in [-0.2, -0.15) is 22.0 Å². The van der Waals surface area contributed by atoms with Crippen LogP contribution in [0.5, 0.6) is 5.75 Å². The molecule has 0 bridgehead atoms. The molecule has 0 radical (unpaired) electrons. The molecule has 0 aliphatic carbocycles. The summed E-state index contributed by atoms with van der Waals surface area (Å²) in [5.41, 5.74) is 1.54. The molecule has 1 aliphatic heterocycles. The van der Waals surface area contributed by atoms with Crippen molar-refractivity contribution < 1.29 is 50.6 Å². The summed E-state index contributed by atoms with van der Waals surface area (Å²) in [5.74, 6) is -11.5. The van der Waals surface area contributed by atoms with Gasteiger partial charge >= 0.3 is 12.1 Å². The average molecular weight is 485 g/mol. The minimum Gasteiger partial charge on any atom is -0.486 e. The Hall–Kier alpha value is -3.03. The molecule has 1 aromatic carbocycles. The van der Waals surface area contributed by atoms with E-state index in [1.54, 1.807) is 0 Å². The van der Waals surface area contributed by atoms with Gasteiger partial charge in [-0.1, -0.05) is 13.8 Å². The molecule has 0 spiro atoms. The summed E-state index contributed by atoms with van der Waals surface area (Å²) in [7, 11) is 0. The molecule has 2 rings (SSSR count). The monoisotopic (exact) mass is 485 g/mol. The fraction of sp³-hybridized carbons (Fsp3) is 0.526. The quantitative estimate of drug-likeness (QED) is 0.403. The Morgan fingerprint density at radius 2 is 1.82 bits per heavy atom. The lowest BCUT2D eigenvalue weighted by atomic mass is 9.95. The lowest BCUT2D eigenvalue weighted by Crippen LogP contribution is -2.66. The Bertz CT molecular complexity index is 941. The molecule has 3 amide bonds. The zero-order chi connectivity index (χ0) is 25.4. The van der Waals surface area contributed by atoms with E-state index in [1.807, 2.05) is 0 Å². The maximum Gasteiger partial charge on any atom is 0.455 e. The van der Waals surface area contributed by atoms with Gasteiger partial charge in [-0.15, -0.1) is 0 Å². The van der Waals surface area contributed by atoms with Crippen molar-refractivity contribution in [2.45, 2.75) is 56.5 Å². The molecule has 1 heterocycles. The van der Waals surface area contributed by atoms with Gasteiger partial charge in [0.2, 0.25) is 5.60 Å². The van der Waals surface area contributed by atoms with Gasteiger partial charge in [-0.25, -0.2) is 4.39 Å². The summed E-state index contributed by atoms with van der Waals surface area (Å²) in [6, 6.07) is 0.661. The Labute approximate surface area is 183 Å². The zero-order valence-electron chi connectivity index (χ0n) is 17.4. The SMILES string of the molecule is CC[C@H]1Oc2ccc(F)cc2NC(=O)[C@H]1N(CC(F)(F)C(F)(F)F)C(=O)C(O)(CC)C(N)=O. The summed E-state index contributed by atoms with van der Waals surface area (Å²) in [4.78, 5) is 37.3. The molecule has 0 saturated heterocycles. The number of anilines is 1. The second-order valence-corrected chi connectivity index (χ2v) is 7.35. The van der Waals surface area contributed by atoms with Crippen molar-refractivity contribution in [3.8, 4) is 5.75 Å². The number of nitrogens with zero attached hydrogens (tertiary/aromatic N) is 1. The number of primary amides is 1. The van der Waals surface area contributed by atoms with Gasteiger partial charge in [0.25, 0.3) is 17.7 Å². The highest BCUT2D eigenvalue weighted by atomic mass is 19.4. The number of halogens is 6. The van der Waals surface area contributed by atoms with E-state index in [0.29, 0.717) is 0 Å². The summed E-state index contributed by atoms with van der Waals surface area (Å²) >= 11 is 0. The Morgan fingerprint density at radius 3 is 2.30 bits per heavy atom. The Balaban J connectivity index is 2.64. The minimum absolute atomic E-state index is 0.144. The van der Waals surface area contributed by atoms with Crippen LogP contribution >= 0.6 is 0 Å². The molecule has 184 valence electrons. The molecule has 4 N–H and O–H groups in total. The predicted molar refractivity (Wildman–Crippen MR) is 101 cm³/mol. The third kappa shape index (κ3) is 4.99. The van der Waals surface area contributed by atoms with Crippen LogP contribution in [0.3, 0.4) is 0 Å².